The summed E-state index contributed by atoms with van der Waals surface area (Å²) in [4.78, 5) is 12.2. The van der Waals surface area contributed by atoms with Crippen LogP contribution in [0.1, 0.15) is 25.8 Å². The maximum absolute atomic E-state index is 12.2. The van der Waals surface area contributed by atoms with Gasteiger partial charge in [0.2, 0.25) is 5.91 Å². The molecule has 0 aliphatic carbocycles. The number of halogens is 1. The molecule has 0 aliphatic heterocycles. The number of carbonyl (C=O) groups excluding carboxylic acids is 1. The zero-order valence-corrected chi connectivity index (χ0v) is 15.8. The summed E-state index contributed by atoms with van der Waals surface area (Å²) < 4.78 is 6.71. The van der Waals surface area contributed by atoms with E-state index in [0.29, 0.717) is 24.4 Å². The first-order chi connectivity index (χ1) is 11.5. The number of rotatable bonds is 7. The number of carbonyl (C=O) groups is 1. The van der Waals surface area contributed by atoms with Crippen molar-refractivity contribution < 1.29 is 9.53 Å². The van der Waals surface area contributed by atoms with Gasteiger partial charge in [0, 0.05) is 23.1 Å². The van der Waals surface area contributed by atoms with Crippen LogP contribution >= 0.6 is 15.9 Å². The fourth-order valence-electron chi connectivity index (χ4n) is 2.21. The molecule has 2 N–H and O–H groups in total. The highest BCUT2D eigenvalue weighted by molar-refractivity contribution is 9.10. The van der Waals surface area contributed by atoms with E-state index in [9.17, 15) is 4.79 Å². The van der Waals surface area contributed by atoms with Gasteiger partial charge in [0.1, 0.15) is 5.75 Å². The first kappa shape index (κ1) is 18.3. The zero-order chi connectivity index (χ0) is 17.5. The summed E-state index contributed by atoms with van der Waals surface area (Å²) in [6.07, 6.45) is 0.430. The molecule has 0 radical (unpaired) electrons. The summed E-state index contributed by atoms with van der Waals surface area (Å²) >= 11 is 3.52. The fraction of sp³-hybridized carbons (Fsp3) is 0.316. The van der Waals surface area contributed by atoms with E-state index < -0.39 is 0 Å². The standard InChI is InChI=1S/C19H23BrN2O2/c1-13(2)24-18-7-5-4-6-17(18)22-19(23)10-11-21-16-9-8-14(3)12-15(16)20/h4-9,12-13,21H,10-11H2,1-3H3,(H,22,23). The molecule has 2 aromatic carbocycles. The van der Waals surface area contributed by atoms with Crippen LogP contribution in [0.15, 0.2) is 46.9 Å². The summed E-state index contributed by atoms with van der Waals surface area (Å²) in [6, 6.07) is 13.6. The molecule has 5 heteroatoms. The van der Waals surface area contributed by atoms with Crippen LogP contribution in [0.2, 0.25) is 0 Å². The Morgan fingerprint density at radius 2 is 1.92 bits per heavy atom. The molecule has 0 aromatic heterocycles. The third-order valence-corrected chi connectivity index (χ3v) is 3.97. The molecule has 2 aromatic rings. The number of hydrogen-bond acceptors (Lipinski definition) is 3. The van der Waals surface area contributed by atoms with Crippen molar-refractivity contribution in [3.8, 4) is 5.75 Å². The third-order valence-electron chi connectivity index (χ3n) is 3.32. The fourth-order valence-corrected chi connectivity index (χ4v) is 2.85. The summed E-state index contributed by atoms with van der Waals surface area (Å²) in [6.45, 7) is 6.52. The lowest BCUT2D eigenvalue weighted by molar-refractivity contribution is -0.116. The molecule has 0 fully saturated rings. The van der Waals surface area contributed by atoms with E-state index in [1.807, 2.05) is 63.2 Å². The smallest absolute Gasteiger partial charge is 0.226 e. The zero-order valence-electron chi connectivity index (χ0n) is 14.2. The first-order valence-electron chi connectivity index (χ1n) is 8.01. The Morgan fingerprint density at radius 3 is 2.62 bits per heavy atom. The van der Waals surface area contributed by atoms with Crippen molar-refractivity contribution in [2.75, 3.05) is 17.2 Å². The Bertz CT molecular complexity index is 702. The molecular formula is C19H23BrN2O2. The maximum atomic E-state index is 12.2. The summed E-state index contributed by atoms with van der Waals surface area (Å²) in [5.74, 6) is 0.639. The quantitative estimate of drug-likeness (QED) is 0.700. The van der Waals surface area contributed by atoms with Crippen LogP contribution in [0.4, 0.5) is 11.4 Å². The average Bonchev–Trinajstić information content (AvgIpc) is 2.51. The first-order valence-corrected chi connectivity index (χ1v) is 8.80. The molecule has 4 nitrogen and oxygen atoms in total. The molecule has 128 valence electrons. The number of para-hydroxylation sites is 2. The molecule has 24 heavy (non-hydrogen) atoms. The molecule has 0 spiro atoms. The van der Waals surface area contributed by atoms with Crippen LogP contribution < -0.4 is 15.4 Å². The van der Waals surface area contributed by atoms with Gasteiger partial charge in [-0.05, 0) is 66.5 Å². The molecular weight excluding hydrogens is 368 g/mol. The second kappa shape index (κ2) is 8.73. The van der Waals surface area contributed by atoms with Crippen LogP contribution in [-0.4, -0.2) is 18.6 Å². The second-order valence-electron chi connectivity index (χ2n) is 5.87. The molecule has 0 saturated heterocycles. The number of ether oxygens (including phenoxy) is 1. The second-order valence-corrected chi connectivity index (χ2v) is 6.73. The van der Waals surface area contributed by atoms with Gasteiger partial charge in [-0.1, -0.05) is 18.2 Å². The van der Waals surface area contributed by atoms with E-state index >= 15 is 0 Å². The van der Waals surface area contributed by atoms with Gasteiger partial charge in [-0.25, -0.2) is 0 Å². The molecule has 0 aliphatic rings. The predicted octanol–water partition coefficient (Wildman–Crippen LogP) is 4.99. The minimum Gasteiger partial charge on any atom is -0.489 e. The Labute approximate surface area is 151 Å². The van der Waals surface area contributed by atoms with Gasteiger partial charge < -0.3 is 15.4 Å². The van der Waals surface area contributed by atoms with E-state index in [1.165, 1.54) is 5.56 Å². The van der Waals surface area contributed by atoms with Crippen LogP contribution in [0.3, 0.4) is 0 Å². The van der Waals surface area contributed by atoms with Crippen molar-refractivity contribution in [2.45, 2.75) is 33.3 Å². The van der Waals surface area contributed by atoms with Crippen molar-refractivity contribution in [3.63, 3.8) is 0 Å². The topological polar surface area (TPSA) is 50.4 Å². The molecule has 0 unspecified atom stereocenters. The van der Waals surface area contributed by atoms with E-state index in [2.05, 4.69) is 26.6 Å². The van der Waals surface area contributed by atoms with Gasteiger partial charge >= 0.3 is 0 Å². The molecule has 0 saturated carbocycles. The summed E-state index contributed by atoms with van der Waals surface area (Å²) in [5.41, 5.74) is 2.87. The van der Waals surface area contributed by atoms with Crippen LogP contribution in [0, 0.1) is 6.92 Å². The minimum absolute atomic E-state index is 0.0504. The summed E-state index contributed by atoms with van der Waals surface area (Å²) in [5, 5.41) is 6.17. The van der Waals surface area contributed by atoms with E-state index in [-0.39, 0.29) is 12.0 Å². The lowest BCUT2D eigenvalue weighted by atomic mass is 10.2. The van der Waals surface area contributed by atoms with Gasteiger partial charge in [0.05, 0.1) is 11.8 Å². The van der Waals surface area contributed by atoms with Crippen molar-refractivity contribution in [2.24, 2.45) is 0 Å². The predicted molar refractivity (Wildman–Crippen MR) is 103 cm³/mol. The number of hydrogen-bond donors (Lipinski definition) is 2. The van der Waals surface area contributed by atoms with E-state index in [1.54, 1.807) is 0 Å². The van der Waals surface area contributed by atoms with E-state index in [4.69, 9.17) is 4.74 Å². The third kappa shape index (κ3) is 5.57. The van der Waals surface area contributed by atoms with Gasteiger partial charge in [0.15, 0.2) is 0 Å². The number of benzene rings is 2. The average molecular weight is 391 g/mol. The number of anilines is 2. The Morgan fingerprint density at radius 1 is 1.17 bits per heavy atom. The van der Waals surface area contributed by atoms with Crippen molar-refractivity contribution in [3.05, 3.63) is 52.5 Å². The van der Waals surface area contributed by atoms with Crippen LogP contribution in [-0.2, 0) is 4.79 Å². The Balaban J connectivity index is 1.87. The molecule has 0 bridgehead atoms. The molecule has 1 amide bonds. The number of nitrogens with one attached hydrogen (secondary N) is 2. The monoisotopic (exact) mass is 390 g/mol. The lowest BCUT2D eigenvalue weighted by Gasteiger charge is -2.15. The Hall–Kier alpha value is -2.01. The summed E-state index contributed by atoms with van der Waals surface area (Å²) in [7, 11) is 0. The van der Waals surface area contributed by atoms with Crippen LogP contribution in [0.25, 0.3) is 0 Å². The largest absolute Gasteiger partial charge is 0.489 e. The highest BCUT2D eigenvalue weighted by Crippen LogP contribution is 2.25. The van der Waals surface area contributed by atoms with Crippen molar-refractivity contribution >= 4 is 33.2 Å². The highest BCUT2D eigenvalue weighted by Gasteiger charge is 2.09. The normalized spacial score (nSPS) is 10.5. The van der Waals surface area contributed by atoms with Gasteiger partial charge in [-0.3, -0.25) is 4.79 Å². The Kier molecular flexibility index (Phi) is 6.67. The van der Waals surface area contributed by atoms with Crippen molar-refractivity contribution in [1.82, 2.24) is 0 Å². The SMILES string of the molecule is Cc1ccc(NCCC(=O)Nc2ccccc2OC(C)C)c(Br)c1. The highest BCUT2D eigenvalue weighted by atomic mass is 79.9. The molecule has 0 heterocycles. The van der Waals surface area contributed by atoms with Crippen molar-refractivity contribution in [1.29, 1.82) is 0 Å². The number of amides is 1. The van der Waals surface area contributed by atoms with Gasteiger partial charge in [0.25, 0.3) is 0 Å². The lowest BCUT2D eigenvalue weighted by Crippen LogP contribution is -2.17. The van der Waals surface area contributed by atoms with Gasteiger partial charge in [-0.2, -0.15) is 0 Å². The van der Waals surface area contributed by atoms with Gasteiger partial charge in [-0.15, -0.1) is 0 Å². The van der Waals surface area contributed by atoms with Crippen LogP contribution in [0.5, 0.6) is 5.75 Å². The minimum atomic E-state index is -0.0504. The number of aryl methyl sites for hydroxylation is 1. The van der Waals surface area contributed by atoms with E-state index in [0.717, 1.165) is 10.2 Å². The molecule has 0 atom stereocenters. The maximum Gasteiger partial charge on any atom is 0.226 e. The molecule has 2 rings (SSSR count).